The highest BCUT2D eigenvalue weighted by molar-refractivity contribution is 5.94. The van der Waals surface area contributed by atoms with Crippen LogP contribution in [-0.2, 0) is 12.8 Å². The Hall–Kier alpha value is -3.21. The summed E-state index contributed by atoms with van der Waals surface area (Å²) in [5.74, 6) is 0.0187. The Kier molecular flexibility index (Phi) is 5.18. The van der Waals surface area contributed by atoms with Crippen molar-refractivity contribution in [2.75, 3.05) is 13.1 Å². The number of aryl methyl sites for hydroxylation is 3. The lowest BCUT2D eigenvalue weighted by Crippen LogP contribution is -2.41. The minimum Gasteiger partial charge on any atom is -0.338 e. The van der Waals surface area contributed by atoms with E-state index in [1.807, 2.05) is 36.1 Å². The fourth-order valence-electron chi connectivity index (χ4n) is 4.95. The molecule has 5 rings (SSSR count). The molecule has 0 radical (unpaired) electrons. The lowest BCUT2D eigenvalue weighted by atomic mass is 9.92. The average Bonchev–Trinajstić information content (AvgIpc) is 3.25. The van der Waals surface area contributed by atoms with Crippen LogP contribution in [0.2, 0.25) is 0 Å². The molecule has 1 saturated heterocycles. The number of carbonyl (C=O) groups excluding carboxylic acids is 1. The van der Waals surface area contributed by atoms with Crippen molar-refractivity contribution >= 4 is 5.91 Å². The number of fused-ring (bicyclic) bond motifs is 1. The first-order valence-electron chi connectivity index (χ1n) is 11.2. The first-order chi connectivity index (χ1) is 15.1. The number of pyridine rings is 2. The van der Waals surface area contributed by atoms with Gasteiger partial charge >= 0.3 is 0 Å². The number of hydrogen-bond donors (Lipinski definition) is 1. The summed E-state index contributed by atoms with van der Waals surface area (Å²) in [6, 6.07) is 16.4. The molecule has 2 aliphatic rings. The van der Waals surface area contributed by atoms with Gasteiger partial charge < -0.3 is 9.88 Å². The van der Waals surface area contributed by atoms with Gasteiger partial charge in [0.25, 0.3) is 11.5 Å². The number of amides is 1. The van der Waals surface area contributed by atoms with Gasteiger partial charge in [0.15, 0.2) is 0 Å². The van der Waals surface area contributed by atoms with Crippen molar-refractivity contribution in [1.82, 2.24) is 14.9 Å². The maximum atomic E-state index is 13.2. The van der Waals surface area contributed by atoms with Gasteiger partial charge in [-0.3, -0.25) is 14.6 Å². The molecule has 0 saturated carbocycles. The number of nitrogens with one attached hydrogen (secondary N) is 1. The molecule has 5 heteroatoms. The van der Waals surface area contributed by atoms with Crippen LogP contribution in [-0.4, -0.2) is 33.9 Å². The van der Waals surface area contributed by atoms with Crippen molar-refractivity contribution < 1.29 is 4.79 Å². The molecule has 158 valence electrons. The molecule has 1 aromatic carbocycles. The fraction of sp³-hybridized carbons (Fsp3) is 0.346. The van der Waals surface area contributed by atoms with Crippen LogP contribution in [0.4, 0.5) is 0 Å². The minimum atomic E-state index is -0.257. The molecular weight excluding hydrogens is 386 g/mol. The van der Waals surface area contributed by atoms with E-state index in [0.29, 0.717) is 13.1 Å². The fourth-order valence-corrected chi connectivity index (χ4v) is 4.95. The van der Waals surface area contributed by atoms with Crippen LogP contribution in [0.25, 0.3) is 11.1 Å². The summed E-state index contributed by atoms with van der Waals surface area (Å²) in [6.07, 6.45) is 4.78. The second kappa shape index (κ2) is 8.14. The number of likely N-dealkylation sites (tertiary alicyclic amines) is 1. The number of benzene rings is 1. The summed E-state index contributed by atoms with van der Waals surface area (Å²) in [4.78, 5) is 35.4. The van der Waals surface area contributed by atoms with Gasteiger partial charge in [0, 0.05) is 36.1 Å². The maximum absolute atomic E-state index is 13.2. The molecule has 1 aliphatic heterocycles. The molecule has 3 heterocycles. The highest BCUT2D eigenvalue weighted by Crippen LogP contribution is 2.30. The van der Waals surface area contributed by atoms with E-state index < -0.39 is 0 Å². The number of piperidine rings is 1. The molecule has 0 spiro atoms. The molecular formula is C26H27N3O2. The van der Waals surface area contributed by atoms with Crippen molar-refractivity contribution in [1.29, 1.82) is 0 Å². The lowest BCUT2D eigenvalue weighted by molar-refractivity contribution is 0.0704. The van der Waals surface area contributed by atoms with Gasteiger partial charge in [-0.2, -0.15) is 0 Å². The van der Waals surface area contributed by atoms with Crippen molar-refractivity contribution in [3.8, 4) is 11.1 Å². The second-order valence-electron chi connectivity index (χ2n) is 8.75. The molecule has 0 unspecified atom stereocenters. The van der Waals surface area contributed by atoms with Crippen molar-refractivity contribution in [2.45, 2.75) is 44.9 Å². The first-order valence-corrected chi connectivity index (χ1v) is 11.2. The normalized spacial score (nSPS) is 18.1. The number of H-pyrrole nitrogens is 1. The highest BCUT2D eigenvalue weighted by Gasteiger charge is 2.29. The topological polar surface area (TPSA) is 66.1 Å². The number of hydrogen-bond acceptors (Lipinski definition) is 3. The van der Waals surface area contributed by atoms with Gasteiger partial charge in [-0.25, -0.2) is 0 Å². The number of carbonyl (C=O) groups is 1. The molecule has 1 N–H and O–H groups in total. The third kappa shape index (κ3) is 3.92. The third-order valence-electron chi connectivity index (χ3n) is 6.53. The van der Waals surface area contributed by atoms with Crippen LogP contribution in [0.1, 0.15) is 58.2 Å². The zero-order chi connectivity index (χ0) is 21.4. The number of aromatic nitrogens is 2. The van der Waals surface area contributed by atoms with Gasteiger partial charge in [0.1, 0.15) is 5.56 Å². The Morgan fingerprint density at radius 2 is 1.90 bits per heavy atom. The molecule has 3 aromatic rings. The Balaban J connectivity index is 1.41. The van der Waals surface area contributed by atoms with Crippen LogP contribution < -0.4 is 5.56 Å². The monoisotopic (exact) mass is 413 g/mol. The van der Waals surface area contributed by atoms with Gasteiger partial charge in [-0.15, -0.1) is 0 Å². The summed E-state index contributed by atoms with van der Waals surface area (Å²) in [5, 5.41) is 0. The zero-order valence-corrected chi connectivity index (χ0v) is 17.9. The molecule has 1 amide bonds. The van der Waals surface area contributed by atoms with Gasteiger partial charge in [-0.1, -0.05) is 30.3 Å². The SMILES string of the molecule is Cc1cc(-c2ccccc2)cc([C@H]2CCCN(C(=O)c3cc4c([nH]c3=O)CCC4)C2)n1. The second-order valence-corrected chi connectivity index (χ2v) is 8.75. The Morgan fingerprint density at radius 3 is 2.74 bits per heavy atom. The quantitative estimate of drug-likeness (QED) is 0.698. The van der Waals surface area contributed by atoms with Crippen molar-refractivity contribution in [2.24, 2.45) is 0 Å². The summed E-state index contributed by atoms with van der Waals surface area (Å²) in [5.41, 5.74) is 6.47. The van der Waals surface area contributed by atoms with Crippen LogP contribution >= 0.6 is 0 Å². The van der Waals surface area contributed by atoms with Gasteiger partial charge in [-0.05, 0) is 73.9 Å². The van der Waals surface area contributed by atoms with E-state index in [2.05, 4.69) is 29.2 Å². The zero-order valence-electron chi connectivity index (χ0n) is 17.9. The molecule has 0 bridgehead atoms. The van der Waals surface area contributed by atoms with E-state index >= 15 is 0 Å². The van der Waals surface area contributed by atoms with E-state index in [1.165, 1.54) is 5.56 Å². The molecule has 31 heavy (non-hydrogen) atoms. The molecule has 1 fully saturated rings. The average molecular weight is 414 g/mol. The number of rotatable bonds is 3. The van der Waals surface area contributed by atoms with E-state index in [4.69, 9.17) is 4.98 Å². The maximum Gasteiger partial charge on any atom is 0.261 e. The minimum absolute atomic E-state index is 0.156. The van der Waals surface area contributed by atoms with Gasteiger partial charge in [0.05, 0.1) is 0 Å². The van der Waals surface area contributed by atoms with Crippen LogP contribution in [0.15, 0.2) is 53.3 Å². The summed E-state index contributed by atoms with van der Waals surface area (Å²) in [6.45, 7) is 3.30. The Labute approximate surface area is 182 Å². The van der Waals surface area contributed by atoms with E-state index in [0.717, 1.165) is 60.3 Å². The molecule has 1 atom stereocenters. The summed E-state index contributed by atoms with van der Waals surface area (Å²) >= 11 is 0. The summed E-state index contributed by atoms with van der Waals surface area (Å²) in [7, 11) is 0. The lowest BCUT2D eigenvalue weighted by Gasteiger charge is -2.32. The molecule has 2 aromatic heterocycles. The summed E-state index contributed by atoms with van der Waals surface area (Å²) < 4.78 is 0. The number of nitrogens with zero attached hydrogens (tertiary/aromatic N) is 2. The third-order valence-corrected chi connectivity index (χ3v) is 6.53. The Bertz CT molecular complexity index is 1180. The van der Waals surface area contributed by atoms with Crippen molar-refractivity contribution in [3.63, 3.8) is 0 Å². The molecule has 5 nitrogen and oxygen atoms in total. The van der Waals surface area contributed by atoms with E-state index in [1.54, 1.807) is 0 Å². The van der Waals surface area contributed by atoms with E-state index in [-0.39, 0.29) is 22.9 Å². The smallest absolute Gasteiger partial charge is 0.261 e. The van der Waals surface area contributed by atoms with Crippen LogP contribution in [0, 0.1) is 6.92 Å². The Morgan fingerprint density at radius 1 is 1.06 bits per heavy atom. The number of aromatic amines is 1. The largest absolute Gasteiger partial charge is 0.338 e. The van der Waals surface area contributed by atoms with Crippen LogP contribution in [0.5, 0.6) is 0 Å². The standard InChI is InChI=1S/C26H27N3O2/c1-17-13-21(18-7-3-2-4-8-18)15-24(27-17)20-10-6-12-29(16-20)26(31)22-14-19-9-5-11-23(19)28-25(22)30/h2-4,7-8,13-15,20H,5-6,9-12,16H2,1H3,(H,28,30)/t20-/m0/s1. The van der Waals surface area contributed by atoms with Crippen LogP contribution in [0.3, 0.4) is 0 Å². The highest BCUT2D eigenvalue weighted by atomic mass is 16.2. The van der Waals surface area contributed by atoms with E-state index in [9.17, 15) is 9.59 Å². The first kappa shape index (κ1) is 19.7. The predicted octanol–water partition coefficient (Wildman–Crippen LogP) is 4.25. The van der Waals surface area contributed by atoms with Gasteiger partial charge in [0.2, 0.25) is 0 Å². The molecule has 1 aliphatic carbocycles. The van der Waals surface area contributed by atoms with Crippen molar-refractivity contribution in [3.05, 3.63) is 87.1 Å². The predicted molar refractivity (Wildman–Crippen MR) is 121 cm³/mol.